The molecule has 2 aromatic carbocycles. The van der Waals surface area contributed by atoms with Crippen molar-refractivity contribution in [1.82, 2.24) is 15.5 Å². The Hall–Kier alpha value is -3.02. The summed E-state index contributed by atoms with van der Waals surface area (Å²) < 4.78 is 0. The number of carbonyl (C=O) groups excluding carboxylic acids is 1. The predicted octanol–water partition coefficient (Wildman–Crippen LogP) is 1.70. The third-order valence-electron chi connectivity index (χ3n) is 4.69. The maximum atomic E-state index is 12.5. The Balaban J connectivity index is 1.41. The minimum Gasteiger partial charge on any atom is -0.368 e. The van der Waals surface area contributed by atoms with Crippen molar-refractivity contribution in [2.24, 2.45) is 4.99 Å². The molecular weight excluding hydrogens is 338 g/mol. The van der Waals surface area contributed by atoms with Crippen molar-refractivity contribution >= 4 is 17.6 Å². The standard InChI is InChI=1S/C21H27N5O/c1-22-21(23-16-18-8-4-2-5-9-18)24-17-20(27)26-14-12-25(13-15-26)19-10-6-3-7-11-19/h2-11H,12-17H2,1H3,(H2,22,23,24). The molecule has 6 heteroatoms. The van der Waals surface area contributed by atoms with Crippen LogP contribution in [0.3, 0.4) is 0 Å². The Morgan fingerprint density at radius 3 is 2.19 bits per heavy atom. The van der Waals surface area contributed by atoms with Crippen molar-refractivity contribution in [2.75, 3.05) is 44.7 Å². The highest BCUT2D eigenvalue weighted by atomic mass is 16.2. The summed E-state index contributed by atoms with van der Waals surface area (Å²) in [4.78, 5) is 20.9. The van der Waals surface area contributed by atoms with E-state index < -0.39 is 0 Å². The fraction of sp³-hybridized carbons (Fsp3) is 0.333. The van der Waals surface area contributed by atoms with Crippen LogP contribution in [0.15, 0.2) is 65.7 Å². The molecule has 6 nitrogen and oxygen atoms in total. The molecule has 1 fully saturated rings. The van der Waals surface area contributed by atoms with E-state index in [2.05, 4.69) is 44.8 Å². The van der Waals surface area contributed by atoms with E-state index in [0.717, 1.165) is 26.2 Å². The first-order valence-electron chi connectivity index (χ1n) is 9.32. The van der Waals surface area contributed by atoms with Crippen LogP contribution in [-0.4, -0.2) is 56.5 Å². The molecule has 142 valence electrons. The fourth-order valence-electron chi connectivity index (χ4n) is 3.13. The summed E-state index contributed by atoms with van der Waals surface area (Å²) in [6.07, 6.45) is 0. The molecule has 0 saturated carbocycles. The lowest BCUT2D eigenvalue weighted by molar-refractivity contribution is -0.130. The molecule has 0 unspecified atom stereocenters. The number of anilines is 1. The van der Waals surface area contributed by atoms with E-state index in [-0.39, 0.29) is 12.5 Å². The van der Waals surface area contributed by atoms with Gasteiger partial charge in [-0.1, -0.05) is 48.5 Å². The van der Waals surface area contributed by atoms with Crippen molar-refractivity contribution in [3.63, 3.8) is 0 Å². The van der Waals surface area contributed by atoms with Crippen LogP contribution in [0.25, 0.3) is 0 Å². The van der Waals surface area contributed by atoms with E-state index >= 15 is 0 Å². The topological polar surface area (TPSA) is 60.0 Å². The van der Waals surface area contributed by atoms with Gasteiger partial charge in [0.15, 0.2) is 5.96 Å². The summed E-state index contributed by atoms with van der Waals surface area (Å²) in [5.41, 5.74) is 2.39. The number of benzene rings is 2. The first-order chi connectivity index (χ1) is 13.3. The number of hydrogen-bond acceptors (Lipinski definition) is 3. The molecule has 0 bridgehead atoms. The van der Waals surface area contributed by atoms with Gasteiger partial charge in [-0.25, -0.2) is 0 Å². The molecule has 27 heavy (non-hydrogen) atoms. The van der Waals surface area contributed by atoms with Gasteiger partial charge in [0.05, 0.1) is 6.54 Å². The predicted molar refractivity (Wildman–Crippen MR) is 110 cm³/mol. The third kappa shape index (κ3) is 5.48. The van der Waals surface area contributed by atoms with Crippen LogP contribution >= 0.6 is 0 Å². The van der Waals surface area contributed by atoms with Crippen LogP contribution in [0.1, 0.15) is 5.56 Å². The third-order valence-corrected chi connectivity index (χ3v) is 4.69. The maximum absolute atomic E-state index is 12.5. The van der Waals surface area contributed by atoms with E-state index in [1.54, 1.807) is 7.05 Å². The first-order valence-corrected chi connectivity index (χ1v) is 9.32. The van der Waals surface area contributed by atoms with Gasteiger partial charge in [-0.15, -0.1) is 0 Å². The average molecular weight is 365 g/mol. The quantitative estimate of drug-likeness (QED) is 0.625. The van der Waals surface area contributed by atoms with Crippen LogP contribution in [-0.2, 0) is 11.3 Å². The second kappa shape index (κ2) is 9.62. The van der Waals surface area contributed by atoms with Crippen molar-refractivity contribution in [1.29, 1.82) is 0 Å². The second-order valence-electron chi connectivity index (χ2n) is 6.47. The molecule has 1 aliphatic heterocycles. The van der Waals surface area contributed by atoms with E-state index in [0.29, 0.717) is 12.5 Å². The normalized spacial score (nSPS) is 14.8. The van der Waals surface area contributed by atoms with Crippen LogP contribution in [0.4, 0.5) is 5.69 Å². The van der Waals surface area contributed by atoms with Gasteiger partial charge in [0, 0.05) is 45.5 Å². The zero-order valence-corrected chi connectivity index (χ0v) is 15.8. The molecule has 0 atom stereocenters. The summed E-state index contributed by atoms with van der Waals surface area (Å²) in [5.74, 6) is 0.737. The Kier molecular flexibility index (Phi) is 6.68. The smallest absolute Gasteiger partial charge is 0.242 e. The van der Waals surface area contributed by atoms with Crippen LogP contribution < -0.4 is 15.5 Å². The molecule has 1 amide bonds. The van der Waals surface area contributed by atoms with Crippen molar-refractivity contribution in [2.45, 2.75) is 6.54 Å². The van der Waals surface area contributed by atoms with Crippen LogP contribution in [0.5, 0.6) is 0 Å². The second-order valence-corrected chi connectivity index (χ2v) is 6.47. The number of rotatable bonds is 5. The average Bonchev–Trinajstić information content (AvgIpc) is 2.75. The number of para-hydroxylation sites is 1. The van der Waals surface area contributed by atoms with Gasteiger partial charge in [-0.3, -0.25) is 9.79 Å². The zero-order chi connectivity index (χ0) is 18.9. The number of carbonyl (C=O) groups is 1. The molecule has 1 heterocycles. The van der Waals surface area contributed by atoms with E-state index in [9.17, 15) is 4.79 Å². The molecule has 3 rings (SSSR count). The summed E-state index contributed by atoms with van der Waals surface area (Å²) in [6.45, 7) is 4.12. The van der Waals surface area contributed by atoms with Gasteiger partial charge in [-0.05, 0) is 17.7 Å². The molecule has 1 aliphatic rings. The lowest BCUT2D eigenvalue weighted by atomic mass is 10.2. The van der Waals surface area contributed by atoms with E-state index in [4.69, 9.17) is 0 Å². The van der Waals surface area contributed by atoms with Gasteiger partial charge in [0.2, 0.25) is 5.91 Å². The molecule has 2 N–H and O–H groups in total. The SMILES string of the molecule is CN=C(NCC(=O)N1CCN(c2ccccc2)CC1)NCc1ccccc1. The Bertz CT molecular complexity index is 740. The summed E-state index contributed by atoms with van der Waals surface area (Å²) in [5, 5.41) is 6.35. The molecule has 1 saturated heterocycles. The monoisotopic (exact) mass is 365 g/mol. The van der Waals surface area contributed by atoms with Gasteiger partial charge < -0.3 is 20.4 Å². The molecule has 0 aliphatic carbocycles. The largest absolute Gasteiger partial charge is 0.368 e. The number of nitrogens with one attached hydrogen (secondary N) is 2. The van der Waals surface area contributed by atoms with Gasteiger partial charge >= 0.3 is 0 Å². The van der Waals surface area contributed by atoms with Crippen LogP contribution in [0.2, 0.25) is 0 Å². The van der Waals surface area contributed by atoms with Gasteiger partial charge in [-0.2, -0.15) is 0 Å². The van der Waals surface area contributed by atoms with Gasteiger partial charge in [0.25, 0.3) is 0 Å². The molecule has 0 radical (unpaired) electrons. The molecule has 2 aromatic rings. The fourth-order valence-corrected chi connectivity index (χ4v) is 3.13. The minimum atomic E-state index is 0.102. The van der Waals surface area contributed by atoms with E-state index in [1.807, 2.05) is 41.3 Å². The molecule has 0 spiro atoms. The van der Waals surface area contributed by atoms with Crippen molar-refractivity contribution in [3.8, 4) is 0 Å². The summed E-state index contributed by atoms with van der Waals surface area (Å²) in [7, 11) is 1.71. The number of nitrogens with zero attached hydrogens (tertiary/aromatic N) is 3. The highest BCUT2D eigenvalue weighted by Gasteiger charge is 2.21. The zero-order valence-electron chi connectivity index (χ0n) is 15.8. The van der Waals surface area contributed by atoms with E-state index in [1.165, 1.54) is 11.3 Å². The Morgan fingerprint density at radius 1 is 0.926 bits per heavy atom. The highest BCUT2D eigenvalue weighted by molar-refractivity contribution is 5.86. The number of guanidine groups is 1. The Morgan fingerprint density at radius 2 is 1.56 bits per heavy atom. The summed E-state index contributed by atoms with van der Waals surface area (Å²) in [6, 6.07) is 20.5. The van der Waals surface area contributed by atoms with Crippen LogP contribution in [0, 0.1) is 0 Å². The Labute approximate surface area is 160 Å². The minimum absolute atomic E-state index is 0.102. The molecular formula is C21H27N5O. The number of amides is 1. The number of aliphatic imine (C=N–C) groups is 1. The maximum Gasteiger partial charge on any atom is 0.242 e. The lowest BCUT2D eigenvalue weighted by Crippen LogP contribution is -2.52. The number of piperazine rings is 1. The van der Waals surface area contributed by atoms with Crippen molar-refractivity contribution < 1.29 is 4.79 Å². The molecule has 0 aromatic heterocycles. The summed E-state index contributed by atoms with van der Waals surface area (Å²) >= 11 is 0. The first kappa shape index (κ1) is 18.8. The van der Waals surface area contributed by atoms with Gasteiger partial charge in [0.1, 0.15) is 0 Å². The lowest BCUT2D eigenvalue weighted by Gasteiger charge is -2.36. The number of hydrogen-bond donors (Lipinski definition) is 2. The highest BCUT2D eigenvalue weighted by Crippen LogP contribution is 2.15. The van der Waals surface area contributed by atoms with Crippen molar-refractivity contribution in [3.05, 3.63) is 66.2 Å².